The number of hydrogen-bond donors (Lipinski definition) is 2. The molecule has 1 atom stereocenters. The van der Waals surface area contributed by atoms with Gasteiger partial charge in [0.2, 0.25) is 5.91 Å². The fourth-order valence-electron chi connectivity index (χ4n) is 1.39. The van der Waals surface area contributed by atoms with E-state index >= 15 is 0 Å². The Balaban J connectivity index is 2.95. The van der Waals surface area contributed by atoms with Gasteiger partial charge in [-0.15, -0.1) is 0 Å². The van der Waals surface area contributed by atoms with Gasteiger partial charge in [-0.05, 0) is 19.4 Å². The second-order valence-electron chi connectivity index (χ2n) is 4.49. The molecule has 3 N–H and O–H groups in total. The molecule has 104 valence electrons. The monoisotopic (exact) mass is 285 g/mol. The van der Waals surface area contributed by atoms with Crippen LogP contribution in [0.25, 0.3) is 0 Å². The maximum Gasteiger partial charge on any atom is 0.271 e. The zero-order valence-electron chi connectivity index (χ0n) is 10.8. The molecule has 0 bridgehead atoms. The van der Waals surface area contributed by atoms with Crippen LogP contribution in [0.4, 0.5) is 11.4 Å². The van der Waals surface area contributed by atoms with E-state index in [1.165, 1.54) is 18.2 Å². The second-order valence-corrected chi connectivity index (χ2v) is 4.90. The summed E-state index contributed by atoms with van der Waals surface area (Å²) in [4.78, 5) is 22.1. The molecule has 19 heavy (non-hydrogen) atoms. The molecular formula is C12H16ClN3O3. The van der Waals surface area contributed by atoms with Crippen molar-refractivity contribution in [1.82, 2.24) is 0 Å². The molecule has 1 aromatic carbocycles. The van der Waals surface area contributed by atoms with Crippen LogP contribution in [0.15, 0.2) is 18.2 Å². The third-order valence-electron chi connectivity index (χ3n) is 3.19. The van der Waals surface area contributed by atoms with Crippen molar-refractivity contribution in [3.8, 4) is 0 Å². The number of hydrogen-bond acceptors (Lipinski definition) is 4. The number of nitrogens with two attached hydrogens (primary N) is 1. The van der Waals surface area contributed by atoms with Crippen molar-refractivity contribution in [2.24, 2.45) is 11.1 Å². The molecule has 1 unspecified atom stereocenters. The molecule has 1 aromatic rings. The lowest BCUT2D eigenvalue weighted by molar-refractivity contribution is -0.384. The average molecular weight is 286 g/mol. The standard InChI is InChI=1S/C12H16ClN3O3/c1-3-12(2,7-14)11(17)15-10-5-4-8(16(18)19)6-9(10)13/h4-6H,3,7,14H2,1-2H3,(H,15,17). The topological polar surface area (TPSA) is 98.3 Å². The highest BCUT2D eigenvalue weighted by molar-refractivity contribution is 6.34. The van der Waals surface area contributed by atoms with Crippen molar-refractivity contribution in [3.63, 3.8) is 0 Å². The molecule has 0 radical (unpaired) electrons. The zero-order chi connectivity index (χ0) is 14.6. The van der Waals surface area contributed by atoms with Crippen LogP contribution in [0.5, 0.6) is 0 Å². The average Bonchev–Trinajstić information content (AvgIpc) is 2.39. The van der Waals surface area contributed by atoms with E-state index in [1.807, 2.05) is 6.92 Å². The molecule has 1 amide bonds. The SMILES string of the molecule is CCC(C)(CN)C(=O)Nc1ccc([N+](=O)[O-])cc1Cl. The molecular weight excluding hydrogens is 270 g/mol. The number of nitro benzene ring substituents is 1. The predicted molar refractivity (Wildman–Crippen MR) is 74.2 cm³/mol. The number of amides is 1. The number of benzene rings is 1. The highest BCUT2D eigenvalue weighted by Crippen LogP contribution is 2.29. The van der Waals surface area contributed by atoms with Crippen LogP contribution in [0.1, 0.15) is 20.3 Å². The highest BCUT2D eigenvalue weighted by Gasteiger charge is 2.30. The Kier molecular flexibility index (Phi) is 4.85. The Labute approximate surface area is 116 Å². The van der Waals surface area contributed by atoms with E-state index in [0.29, 0.717) is 12.1 Å². The number of carbonyl (C=O) groups excluding carboxylic acids is 1. The molecule has 0 saturated carbocycles. The summed E-state index contributed by atoms with van der Waals surface area (Å²) in [5, 5.41) is 13.4. The minimum Gasteiger partial charge on any atom is -0.329 e. The summed E-state index contributed by atoms with van der Waals surface area (Å²) in [6, 6.07) is 3.89. The third-order valence-corrected chi connectivity index (χ3v) is 3.50. The van der Waals surface area contributed by atoms with E-state index in [2.05, 4.69) is 5.32 Å². The summed E-state index contributed by atoms with van der Waals surface area (Å²) in [6.07, 6.45) is 0.583. The normalized spacial score (nSPS) is 13.7. The van der Waals surface area contributed by atoms with Crippen LogP contribution in [0, 0.1) is 15.5 Å². The van der Waals surface area contributed by atoms with Crippen molar-refractivity contribution < 1.29 is 9.72 Å². The first-order valence-electron chi connectivity index (χ1n) is 5.79. The van der Waals surface area contributed by atoms with Crippen LogP contribution in [0.2, 0.25) is 5.02 Å². The summed E-state index contributed by atoms with van der Waals surface area (Å²) >= 11 is 5.90. The Hall–Kier alpha value is -1.66. The fourth-order valence-corrected chi connectivity index (χ4v) is 1.61. The molecule has 0 aliphatic carbocycles. The van der Waals surface area contributed by atoms with Crippen molar-refractivity contribution in [2.75, 3.05) is 11.9 Å². The molecule has 0 aromatic heterocycles. The quantitative estimate of drug-likeness (QED) is 0.641. The van der Waals surface area contributed by atoms with Crippen LogP contribution in [-0.2, 0) is 4.79 Å². The van der Waals surface area contributed by atoms with Gasteiger partial charge >= 0.3 is 0 Å². The molecule has 0 aliphatic heterocycles. The molecule has 0 heterocycles. The number of nitro groups is 1. The number of non-ortho nitro benzene ring substituents is 1. The van der Waals surface area contributed by atoms with E-state index in [0.717, 1.165) is 0 Å². The van der Waals surface area contributed by atoms with Gasteiger partial charge in [-0.2, -0.15) is 0 Å². The fraction of sp³-hybridized carbons (Fsp3) is 0.417. The lowest BCUT2D eigenvalue weighted by Crippen LogP contribution is -2.39. The van der Waals surface area contributed by atoms with Crippen molar-refractivity contribution >= 4 is 28.9 Å². The van der Waals surface area contributed by atoms with Gasteiger partial charge in [0.1, 0.15) is 0 Å². The molecule has 0 aliphatic rings. The largest absolute Gasteiger partial charge is 0.329 e. The molecule has 7 heteroatoms. The Morgan fingerprint density at radius 3 is 2.63 bits per heavy atom. The molecule has 6 nitrogen and oxygen atoms in total. The number of carbonyl (C=O) groups is 1. The summed E-state index contributed by atoms with van der Waals surface area (Å²) < 4.78 is 0. The lowest BCUT2D eigenvalue weighted by atomic mass is 9.86. The summed E-state index contributed by atoms with van der Waals surface area (Å²) in [5.74, 6) is -0.256. The van der Waals surface area contributed by atoms with Gasteiger partial charge in [0.25, 0.3) is 5.69 Å². The van der Waals surface area contributed by atoms with Crippen LogP contribution in [-0.4, -0.2) is 17.4 Å². The summed E-state index contributed by atoms with van der Waals surface area (Å²) in [7, 11) is 0. The van der Waals surface area contributed by atoms with E-state index in [1.54, 1.807) is 6.92 Å². The number of nitrogens with zero attached hydrogens (tertiary/aromatic N) is 1. The molecule has 0 fully saturated rings. The number of anilines is 1. The van der Waals surface area contributed by atoms with E-state index < -0.39 is 10.3 Å². The van der Waals surface area contributed by atoms with E-state index in [9.17, 15) is 14.9 Å². The maximum absolute atomic E-state index is 12.1. The lowest BCUT2D eigenvalue weighted by Gasteiger charge is -2.25. The third kappa shape index (κ3) is 3.42. The Morgan fingerprint density at radius 2 is 2.21 bits per heavy atom. The van der Waals surface area contributed by atoms with Gasteiger partial charge in [-0.25, -0.2) is 0 Å². The smallest absolute Gasteiger partial charge is 0.271 e. The summed E-state index contributed by atoms with van der Waals surface area (Å²) in [6.45, 7) is 3.82. The van der Waals surface area contributed by atoms with Gasteiger partial charge in [0, 0.05) is 18.7 Å². The first-order chi connectivity index (χ1) is 8.84. The van der Waals surface area contributed by atoms with Gasteiger partial charge in [-0.1, -0.05) is 18.5 Å². The highest BCUT2D eigenvalue weighted by atomic mass is 35.5. The van der Waals surface area contributed by atoms with Crippen LogP contribution in [0.3, 0.4) is 0 Å². The second kappa shape index (κ2) is 5.99. The van der Waals surface area contributed by atoms with Crippen molar-refractivity contribution in [2.45, 2.75) is 20.3 Å². The van der Waals surface area contributed by atoms with Crippen molar-refractivity contribution in [1.29, 1.82) is 0 Å². The van der Waals surface area contributed by atoms with Crippen LogP contribution >= 0.6 is 11.6 Å². The summed E-state index contributed by atoms with van der Waals surface area (Å²) in [5.41, 5.74) is 5.11. The Morgan fingerprint density at radius 1 is 1.58 bits per heavy atom. The zero-order valence-corrected chi connectivity index (χ0v) is 11.5. The van der Waals surface area contributed by atoms with Gasteiger partial charge < -0.3 is 11.1 Å². The molecule has 0 saturated heterocycles. The number of nitrogens with one attached hydrogen (secondary N) is 1. The molecule has 1 rings (SSSR count). The Bertz CT molecular complexity index is 501. The molecule has 0 spiro atoms. The number of rotatable bonds is 5. The van der Waals surface area contributed by atoms with Gasteiger partial charge in [0.05, 0.1) is 21.0 Å². The maximum atomic E-state index is 12.1. The van der Waals surface area contributed by atoms with Gasteiger partial charge in [0.15, 0.2) is 0 Å². The predicted octanol–water partition coefficient (Wildman–Crippen LogP) is 2.56. The van der Waals surface area contributed by atoms with E-state index in [-0.39, 0.29) is 23.2 Å². The van der Waals surface area contributed by atoms with Crippen LogP contribution < -0.4 is 11.1 Å². The first-order valence-corrected chi connectivity index (χ1v) is 6.17. The number of halogens is 1. The minimum absolute atomic E-state index is 0.123. The van der Waals surface area contributed by atoms with Crippen molar-refractivity contribution in [3.05, 3.63) is 33.3 Å². The van der Waals surface area contributed by atoms with E-state index in [4.69, 9.17) is 17.3 Å². The van der Waals surface area contributed by atoms with Gasteiger partial charge in [-0.3, -0.25) is 14.9 Å². The minimum atomic E-state index is -0.689. The first kappa shape index (κ1) is 15.4.